The fourth-order valence-electron chi connectivity index (χ4n) is 9.96. The number of phosphoric acid groups is 1. The number of esters is 1. The molecule has 3 unspecified atom stereocenters. The molecule has 0 saturated carbocycles. The number of ether oxygens (including phenoxy) is 1. The maximum Gasteiger partial charge on any atom is 0.306 e. The van der Waals surface area contributed by atoms with E-state index >= 15 is 0 Å². The second-order valence-electron chi connectivity index (χ2n) is 24.6. The molecule has 3 atom stereocenters. The van der Waals surface area contributed by atoms with Gasteiger partial charge >= 0.3 is 5.97 Å². The summed E-state index contributed by atoms with van der Waals surface area (Å²) in [6.07, 6.45) is 82.7. The molecular weight excluding hydrogens is 1050 g/mol. The standard InChI is InChI=1S/C73H133N2O7P/c1-7-10-13-16-19-22-25-28-30-32-34-36-37-39-40-42-44-47-50-53-56-59-62-65-72(76)74-70(69-81-83(78,79)80-68-67-75(4,5)6)71(64-61-58-55-52-49-46-27-24-21-18-15-12-9-3)82-73(77)66-63-60-57-54-51-48-45-43-41-38-35-33-31-29-26-23-20-17-14-11-8-2/h10,13,19,22,28-31,34,36,39-40,61,64,70-71H,7-9,11-12,14-18,20-21,23-27,32-33,35,37-38,41-60,62-63,65-69H2,1-6H3,(H-,74,76,78,79)/b13-10-,22-19-,30-28-,31-29+,36-34-,40-39-,64-61+. The van der Waals surface area contributed by atoms with E-state index in [0.717, 1.165) is 103 Å². The van der Waals surface area contributed by atoms with Crippen molar-refractivity contribution in [2.24, 2.45) is 0 Å². The second kappa shape index (κ2) is 62.2. The Balaban J connectivity index is 5.17. The van der Waals surface area contributed by atoms with E-state index in [1.54, 1.807) is 0 Å². The SMILES string of the molecule is CC/C=C\C/C=C\C/C=C\C/C=C\C/C=C\CCCCCCCCCC(=O)NC(COP(=O)([O-])OCC[N+](C)(C)C)C(/C=C/CCCCCCCCCCCCC)OC(=O)CCCCCCCCCCCCC/C=C/CCCCCCCC. The Kier molecular flexibility index (Phi) is 60.1. The third kappa shape index (κ3) is 63.5. The number of nitrogens with one attached hydrogen (secondary N) is 1. The highest BCUT2D eigenvalue weighted by molar-refractivity contribution is 7.45. The molecule has 9 nitrogen and oxygen atoms in total. The van der Waals surface area contributed by atoms with Crippen molar-refractivity contribution in [1.82, 2.24) is 5.32 Å². The molecule has 0 aromatic heterocycles. The highest BCUT2D eigenvalue weighted by Gasteiger charge is 2.27. The molecule has 1 N–H and O–H groups in total. The average Bonchev–Trinajstić information content (AvgIpc) is 3.46. The van der Waals surface area contributed by atoms with Crippen LogP contribution >= 0.6 is 7.82 Å². The zero-order valence-corrected chi connectivity index (χ0v) is 56.0. The first-order valence-corrected chi connectivity index (χ1v) is 36.4. The largest absolute Gasteiger partial charge is 0.756 e. The topological polar surface area (TPSA) is 114 Å². The Morgan fingerprint density at radius 3 is 1.17 bits per heavy atom. The summed E-state index contributed by atoms with van der Waals surface area (Å²) in [7, 11) is 1.18. The van der Waals surface area contributed by atoms with E-state index < -0.39 is 26.6 Å². The van der Waals surface area contributed by atoms with E-state index in [1.807, 2.05) is 33.3 Å². The molecule has 0 saturated heterocycles. The minimum absolute atomic E-state index is 0.0272. The maximum absolute atomic E-state index is 13.6. The van der Waals surface area contributed by atoms with Crippen molar-refractivity contribution in [2.45, 2.75) is 328 Å². The summed E-state index contributed by atoms with van der Waals surface area (Å²) in [6, 6.07) is -0.899. The van der Waals surface area contributed by atoms with Gasteiger partial charge in [-0.15, -0.1) is 0 Å². The van der Waals surface area contributed by atoms with E-state index in [1.165, 1.54) is 180 Å². The van der Waals surface area contributed by atoms with Gasteiger partial charge in [0.2, 0.25) is 5.91 Å². The van der Waals surface area contributed by atoms with Gasteiger partial charge in [0.25, 0.3) is 7.82 Å². The molecule has 0 aliphatic carbocycles. The smallest absolute Gasteiger partial charge is 0.306 e. The van der Waals surface area contributed by atoms with Crippen LogP contribution in [0, 0.1) is 0 Å². The minimum Gasteiger partial charge on any atom is -0.756 e. The van der Waals surface area contributed by atoms with Crippen molar-refractivity contribution in [1.29, 1.82) is 0 Å². The van der Waals surface area contributed by atoms with E-state index in [4.69, 9.17) is 13.8 Å². The third-order valence-electron chi connectivity index (χ3n) is 15.3. The summed E-state index contributed by atoms with van der Waals surface area (Å²) >= 11 is 0. The maximum atomic E-state index is 13.6. The zero-order valence-electron chi connectivity index (χ0n) is 55.1. The molecular formula is C73H133N2O7P. The molecule has 0 aromatic rings. The minimum atomic E-state index is -4.71. The van der Waals surface area contributed by atoms with Crippen LogP contribution in [-0.2, 0) is 27.9 Å². The molecule has 482 valence electrons. The van der Waals surface area contributed by atoms with Crippen LogP contribution in [-0.4, -0.2) is 69.4 Å². The van der Waals surface area contributed by atoms with Crippen molar-refractivity contribution >= 4 is 19.7 Å². The molecule has 0 heterocycles. The number of quaternary nitrogens is 1. The van der Waals surface area contributed by atoms with Gasteiger partial charge < -0.3 is 28.5 Å². The lowest BCUT2D eigenvalue weighted by molar-refractivity contribution is -0.870. The molecule has 0 fully saturated rings. The van der Waals surface area contributed by atoms with Crippen LogP contribution in [0.2, 0.25) is 0 Å². The Morgan fingerprint density at radius 1 is 0.434 bits per heavy atom. The van der Waals surface area contributed by atoms with Gasteiger partial charge in [-0.3, -0.25) is 14.2 Å². The van der Waals surface area contributed by atoms with E-state index in [-0.39, 0.29) is 24.9 Å². The van der Waals surface area contributed by atoms with Crippen LogP contribution in [0.25, 0.3) is 0 Å². The van der Waals surface area contributed by atoms with Gasteiger partial charge in [0.05, 0.1) is 33.8 Å². The van der Waals surface area contributed by atoms with Crippen LogP contribution in [0.4, 0.5) is 0 Å². The molecule has 83 heavy (non-hydrogen) atoms. The normalized spacial score (nSPS) is 14.1. The number of amides is 1. The predicted octanol–water partition coefficient (Wildman–Crippen LogP) is 21.5. The number of nitrogens with zero attached hydrogens (tertiary/aromatic N) is 1. The summed E-state index contributed by atoms with van der Waals surface area (Å²) < 4.78 is 30.4. The van der Waals surface area contributed by atoms with Crippen molar-refractivity contribution < 1.29 is 37.3 Å². The number of hydrogen-bond donors (Lipinski definition) is 1. The molecule has 1 amide bonds. The molecule has 0 radical (unpaired) electrons. The van der Waals surface area contributed by atoms with Gasteiger partial charge in [0, 0.05) is 12.8 Å². The number of rotatable bonds is 63. The number of hydrogen-bond acceptors (Lipinski definition) is 7. The Labute approximate surface area is 514 Å². The summed E-state index contributed by atoms with van der Waals surface area (Å²) in [4.78, 5) is 40.2. The molecule has 0 aliphatic heterocycles. The Hall–Kier alpha value is -2.81. The summed E-state index contributed by atoms with van der Waals surface area (Å²) in [5.74, 6) is -0.548. The fourth-order valence-corrected chi connectivity index (χ4v) is 10.7. The molecule has 0 aromatic carbocycles. The van der Waals surface area contributed by atoms with Gasteiger partial charge in [0.1, 0.15) is 19.3 Å². The van der Waals surface area contributed by atoms with Crippen LogP contribution in [0.5, 0.6) is 0 Å². The van der Waals surface area contributed by atoms with Gasteiger partial charge in [-0.05, 0) is 102 Å². The number of phosphoric ester groups is 1. The Morgan fingerprint density at radius 2 is 0.771 bits per heavy atom. The van der Waals surface area contributed by atoms with Crippen molar-refractivity contribution in [3.05, 3.63) is 85.1 Å². The van der Waals surface area contributed by atoms with Crippen molar-refractivity contribution in [3.8, 4) is 0 Å². The molecule has 0 spiro atoms. The predicted molar refractivity (Wildman–Crippen MR) is 358 cm³/mol. The summed E-state index contributed by atoms with van der Waals surface area (Å²) in [5, 5.41) is 3.04. The summed E-state index contributed by atoms with van der Waals surface area (Å²) in [6.45, 7) is 6.75. The number of carbonyl (C=O) groups is 2. The lowest BCUT2D eigenvalue weighted by Crippen LogP contribution is -2.47. The lowest BCUT2D eigenvalue weighted by atomic mass is 10.0. The number of carbonyl (C=O) groups excluding carboxylic acids is 2. The first-order valence-electron chi connectivity index (χ1n) is 34.9. The van der Waals surface area contributed by atoms with Gasteiger partial charge in [-0.2, -0.15) is 0 Å². The number of likely N-dealkylation sites (N-methyl/N-ethyl adjacent to an activating group) is 1. The van der Waals surface area contributed by atoms with E-state index in [0.29, 0.717) is 17.4 Å². The zero-order chi connectivity index (χ0) is 60.7. The second-order valence-corrected chi connectivity index (χ2v) is 26.1. The third-order valence-corrected chi connectivity index (χ3v) is 16.3. The number of allylic oxidation sites excluding steroid dienone is 13. The van der Waals surface area contributed by atoms with Crippen LogP contribution in [0.3, 0.4) is 0 Å². The lowest BCUT2D eigenvalue weighted by Gasteiger charge is -2.30. The quantitative estimate of drug-likeness (QED) is 0.0212. The van der Waals surface area contributed by atoms with Crippen molar-refractivity contribution in [3.63, 3.8) is 0 Å². The molecule has 0 rings (SSSR count). The van der Waals surface area contributed by atoms with Crippen LogP contribution in [0.1, 0.15) is 316 Å². The van der Waals surface area contributed by atoms with E-state index in [2.05, 4.69) is 99.0 Å². The highest BCUT2D eigenvalue weighted by Crippen LogP contribution is 2.38. The summed E-state index contributed by atoms with van der Waals surface area (Å²) in [5.41, 5.74) is 0. The highest BCUT2D eigenvalue weighted by atomic mass is 31.2. The molecule has 0 bridgehead atoms. The first-order chi connectivity index (χ1) is 40.4. The van der Waals surface area contributed by atoms with Crippen LogP contribution in [0.15, 0.2) is 85.1 Å². The fraction of sp³-hybridized carbons (Fsp3) is 0.781. The van der Waals surface area contributed by atoms with Crippen LogP contribution < -0.4 is 10.2 Å². The van der Waals surface area contributed by atoms with Crippen molar-refractivity contribution in [2.75, 3.05) is 40.9 Å². The van der Waals surface area contributed by atoms with Gasteiger partial charge in [0.15, 0.2) is 0 Å². The van der Waals surface area contributed by atoms with Gasteiger partial charge in [-0.1, -0.05) is 286 Å². The average molecular weight is 1180 g/mol. The first kappa shape index (κ1) is 80.2. The van der Waals surface area contributed by atoms with E-state index in [9.17, 15) is 19.0 Å². The molecule has 0 aliphatic rings. The Bertz CT molecular complexity index is 1700. The van der Waals surface area contributed by atoms with Gasteiger partial charge in [-0.25, -0.2) is 0 Å². The monoisotopic (exact) mass is 1180 g/mol. The number of unbranched alkanes of at least 4 members (excludes halogenated alkanes) is 35. The molecule has 10 heteroatoms.